The number of ether oxygens (including phenoxy) is 1. The van der Waals surface area contributed by atoms with Crippen LogP contribution in [0.2, 0.25) is 0 Å². The lowest BCUT2D eigenvalue weighted by molar-refractivity contribution is 0.0696. The molecule has 0 unspecified atom stereocenters. The molecule has 2 aromatic carbocycles. The monoisotopic (exact) mass is 339 g/mol. The third-order valence-electron chi connectivity index (χ3n) is 3.61. The van der Waals surface area contributed by atoms with Crippen molar-refractivity contribution in [3.63, 3.8) is 0 Å². The number of aromatic carboxylic acids is 1. The lowest BCUT2D eigenvalue weighted by Crippen LogP contribution is -2.24. The first kappa shape index (κ1) is 18.3. The fraction of sp³-hybridized carbons (Fsp3) is 0.200. The van der Waals surface area contributed by atoms with E-state index in [2.05, 4.69) is 5.32 Å². The van der Waals surface area contributed by atoms with Gasteiger partial charge in [-0.25, -0.2) is 9.59 Å². The van der Waals surface area contributed by atoms with Crippen LogP contribution in [0.15, 0.2) is 54.6 Å². The molecule has 5 heteroatoms. The average molecular weight is 339 g/mol. The molecule has 0 aromatic heterocycles. The van der Waals surface area contributed by atoms with Crippen molar-refractivity contribution in [2.75, 3.05) is 6.54 Å². The van der Waals surface area contributed by atoms with Gasteiger partial charge in [0.1, 0.15) is 6.61 Å². The maximum absolute atomic E-state index is 11.6. The summed E-state index contributed by atoms with van der Waals surface area (Å²) in [6.45, 7) is 2.58. The van der Waals surface area contributed by atoms with Gasteiger partial charge in [-0.1, -0.05) is 48.6 Å². The maximum atomic E-state index is 11.6. The Morgan fingerprint density at radius 1 is 1.16 bits per heavy atom. The van der Waals surface area contributed by atoms with Gasteiger partial charge in [0, 0.05) is 6.54 Å². The Morgan fingerprint density at radius 2 is 1.92 bits per heavy atom. The zero-order valence-electron chi connectivity index (χ0n) is 14.1. The molecular formula is C20H21NO4. The second-order valence-electron chi connectivity index (χ2n) is 5.56. The highest BCUT2D eigenvalue weighted by Gasteiger charge is 2.04. The minimum atomic E-state index is -0.933. The molecule has 0 saturated heterocycles. The van der Waals surface area contributed by atoms with Gasteiger partial charge in [0.05, 0.1) is 5.56 Å². The molecule has 5 nitrogen and oxygen atoms in total. The van der Waals surface area contributed by atoms with Crippen molar-refractivity contribution < 1.29 is 19.4 Å². The highest BCUT2D eigenvalue weighted by atomic mass is 16.5. The van der Waals surface area contributed by atoms with Crippen LogP contribution in [0.3, 0.4) is 0 Å². The van der Waals surface area contributed by atoms with E-state index in [9.17, 15) is 9.59 Å². The van der Waals surface area contributed by atoms with Crippen LogP contribution in [0.25, 0.3) is 6.08 Å². The Balaban J connectivity index is 1.71. The average Bonchev–Trinajstić information content (AvgIpc) is 2.61. The molecule has 0 bridgehead atoms. The molecule has 0 saturated carbocycles. The fourth-order valence-corrected chi connectivity index (χ4v) is 2.24. The Morgan fingerprint density at radius 3 is 2.60 bits per heavy atom. The summed E-state index contributed by atoms with van der Waals surface area (Å²) >= 11 is 0. The standard InChI is InChI=1S/C20H21NO4/c1-15-13-18(19(22)23)11-10-17(15)9-5-6-12-21-20(24)25-14-16-7-3-2-4-8-16/h2-5,7-11,13H,6,12,14H2,1H3,(H,21,24)(H,22,23). The van der Waals surface area contributed by atoms with E-state index in [1.54, 1.807) is 18.2 Å². The Hall–Kier alpha value is -3.08. The third kappa shape index (κ3) is 6.14. The number of rotatable bonds is 7. The van der Waals surface area contributed by atoms with Crippen LogP contribution < -0.4 is 5.32 Å². The molecule has 0 aliphatic heterocycles. The second kappa shape index (κ2) is 9.27. The van der Waals surface area contributed by atoms with Crippen molar-refractivity contribution in [1.82, 2.24) is 5.32 Å². The van der Waals surface area contributed by atoms with Gasteiger partial charge in [0.15, 0.2) is 0 Å². The van der Waals surface area contributed by atoms with Gasteiger partial charge >= 0.3 is 12.1 Å². The number of carbonyl (C=O) groups is 2. The number of carboxylic acid groups (broad SMARTS) is 1. The summed E-state index contributed by atoms with van der Waals surface area (Å²) < 4.78 is 5.12. The molecule has 0 fully saturated rings. The minimum Gasteiger partial charge on any atom is -0.478 e. The summed E-state index contributed by atoms with van der Waals surface area (Å²) in [6.07, 6.45) is 4.05. The summed E-state index contributed by atoms with van der Waals surface area (Å²) in [7, 11) is 0. The third-order valence-corrected chi connectivity index (χ3v) is 3.61. The van der Waals surface area contributed by atoms with Crippen molar-refractivity contribution in [3.8, 4) is 0 Å². The van der Waals surface area contributed by atoms with Gasteiger partial charge in [-0.15, -0.1) is 0 Å². The number of aryl methyl sites for hydroxylation is 1. The minimum absolute atomic E-state index is 0.248. The van der Waals surface area contributed by atoms with Crippen molar-refractivity contribution in [1.29, 1.82) is 0 Å². The van der Waals surface area contributed by atoms with E-state index >= 15 is 0 Å². The molecule has 0 heterocycles. The summed E-state index contributed by atoms with van der Waals surface area (Å²) in [6, 6.07) is 14.5. The molecule has 2 N–H and O–H groups in total. The van der Waals surface area contributed by atoms with E-state index in [0.717, 1.165) is 16.7 Å². The quantitative estimate of drug-likeness (QED) is 0.747. The van der Waals surface area contributed by atoms with E-state index in [-0.39, 0.29) is 12.2 Å². The summed E-state index contributed by atoms with van der Waals surface area (Å²) in [5.74, 6) is -0.933. The van der Waals surface area contributed by atoms with Gasteiger partial charge in [0.2, 0.25) is 0 Å². The predicted octanol–water partition coefficient (Wildman–Crippen LogP) is 4.02. The van der Waals surface area contributed by atoms with Crippen molar-refractivity contribution in [2.45, 2.75) is 20.0 Å². The Kier molecular flexibility index (Phi) is 6.77. The number of hydrogen-bond donors (Lipinski definition) is 2. The summed E-state index contributed by atoms with van der Waals surface area (Å²) in [4.78, 5) is 22.5. The SMILES string of the molecule is Cc1cc(C(=O)O)ccc1C=CCCNC(=O)OCc1ccccc1. The number of alkyl carbamates (subject to hydrolysis) is 1. The van der Waals surface area contributed by atoms with Crippen LogP contribution in [0.5, 0.6) is 0 Å². The van der Waals surface area contributed by atoms with Gasteiger partial charge in [-0.05, 0) is 42.2 Å². The van der Waals surface area contributed by atoms with Gasteiger partial charge in [0.25, 0.3) is 0 Å². The number of carbonyl (C=O) groups excluding carboxylic acids is 1. The van der Waals surface area contributed by atoms with E-state index in [1.807, 2.05) is 49.4 Å². The van der Waals surface area contributed by atoms with Crippen LogP contribution >= 0.6 is 0 Å². The van der Waals surface area contributed by atoms with Gasteiger partial charge in [-0.2, -0.15) is 0 Å². The molecule has 0 aliphatic rings. The van der Waals surface area contributed by atoms with Gasteiger partial charge in [-0.3, -0.25) is 0 Å². The largest absolute Gasteiger partial charge is 0.478 e. The Labute approximate surface area is 146 Å². The molecule has 0 aliphatic carbocycles. The molecule has 0 atom stereocenters. The molecule has 2 rings (SSSR count). The number of amides is 1. The first-order valence-electron chi connectivity index (χ1n) is 8.01. The van der Waals surface area contributed by atoms with Crippen molar-refractivity contribution in [3.05, 3.63) is 76.9 Å². The number of benzene rings is 2. The number of hydrogen-bond acceptors (Lipinski definition) is 3. The molecule has 0 spiro atoms. The molecule has 130 valence electrons. The lowest BCUT2D eigenvalue weighted by Gasteiger charge is -2.06. The zero-order chi connectivity index (χ0) is 18.1. The summed E-state index contributed by atoms with van der Waals surface area (Å²) in [5, 5.41) is 11.6. The zero-order valence-corrected chi connectivity index (χ0v) is 14.1. The fourth-order valence-electron chi connectivity index (χ4n) is 2.24. The number of carboxylic acids is 1. The number of nitrogens with one attached hydrogen (secondary N) is 1. The maximum Gasteiger partial charge on any atom is 0.407 e. The van der Waals surface area contributed by atoms with E-state index < -0.39 is 12.1 Å². The van der Waals surface area contributed by atoms with Crippen LogP contribution in [-0.2, 0) is 11.3 Å². The molecular weight excluding hydrogens is 318 g/mol. The van der Waals surface area contributed by atoms with Gasteiger partial charge < -0.3 is 15.2 Å². The first-order valence-corrected chi connectivity index (χ1v) is 8.01. The topological polar surface area (TPSA) is 75.6 Å². The van der Waals surface area contributed by atoms with E-state index in [4.69, 9.17) is 9.84 Å². The van der Waals surface area contributed by atoms with E-state index in [0.29, 0.717) is 13.0 Å². The second-order valence-corrected chi connectivity index (χ2v) is 5.56. The van der Waals surface area contributed by atoms with Crippen LogP contribution in [-0.4, -0.2) is 23.7 Å². The lowest BCUT2D eigenvalue weighted by atomic mass is 10.0. The van der Waals surface area contributed by atoms with Crippen LogP contribution in [0, 0.1) is 6.92 Å². The highest BCUT2D eigenvalue weighted by Crippen LogP contribution is 2.13. The van der Waals surface area contributed by atoms with Crippen molar-refractivity contribution >= 4 is 18.1 Å². The first-order chi connectivity index (χ1) is 12.1. The molecule has 0 radical (unpaired) electrons. The van der Waals surface area contributed by atoms with Crippen LogP contribution in [0.1, 0.15) is 33.5 Å². The predicted molar refractivity (Wildman–Crippen MR) is 96.4 cm³/mol. The smallest absolute Gasteiger partial charge is 0.407 e. The summed E-state index contributed by atoms with van der Waals surface area (Å²) in [5.41, 5.74) is 3.07. The van der Waals surface area contributed by atoms with Crippen LogP contribution in [0.4, 0.5) is 4.79 Å². The molecule has 2 aromatic rings. The van der Waals surface area contributed by atoms with Crippen molar-refractivity contribution in [2.24, 2.45) is 0 Å². The highest BCUT2D eigenvalue weighted by molar-refractivity contribution is 5.88. The molecule has 1 amide bonds. The van der Waals surface area contributed by atoms with E-state index in [1.165, 1.54) is 0 Å². The normalized spacial score (nSPS) is 10.6. The molecule has 25 heavy (non-hydrogen) atoms. The Bertz CT molecular complexity index is 754.